The Morgan fingerprint density at radius 3 is 2.67 bits per heavy atom. The number of aryl methyl sites for hydroxylation is 1. The van der Waals surface area contributed by atoms with Crippen LogP contribution in [0.2, 0.25) is 0 Å². The molecule has 0 saturated heterocycles. The summed E-state index contributed by atoms with van der Waals surface area (Å²) < 4.78 is 5.42. The highest BCUT2D eigenvalue weighted by atomic mass is 16.4. The highest BCUT2D eigenvalue weighted by molar-refractivity contribution is 5.85. The Hall–Kier alpha value is -1.85. The van der Waals surface area contributed by atoms with Crippen LogP contribution in [0.4, 0.5) is 0 Å². The van der Waals surface area contributed by atoms with Crippen LogP contribution in [0.15, 0.2) is 10.6 Å². The number of carboxylic acid groups (broad SMARTS) is 1. The molecule has 1 heterocycles. The van der Waals surface area contributed by atoms with E-state index in [0.29, 0.717) is 24.7 Å². The molecule has 6 nitrogen and oxygen atoms in total. The second-order valence-corrected chi connectivity index (χ2v) is 5.59. The van der Waals surface area contributed by atoms with Gasteiger partial charge >= 0.3 is 5.97 Å². The summed E-state index contributed by atoms with van der Waals surface area (Å²) in [6.45, 7) is 4.20. The number of hydrogen-bond acceptors (Lipinski definition) is 4. The summed E-state index contributed by atoms with van der Waals surface area (Å²) >= 11 is 0. The highest BCUT2D eigenvalue weighted by Gasteiger charge is 2.42. The van der Waals surface area contributed by atoms with Gasteiger partial charge in [-0.1, -0.05) is 20.3 Å². The van der Waals surface area contributed by atoms with Crippen molar-refractivity contribution in [3.63, 3.8) is 0 Å². The van der Waals surface area contributed by atoms with Gasteiger partial charge in [-0.2, -0.15) is 0 Å². The summed E-state index contributed by atoms with van der Waals surface area (Å²) in [6, 6.07) is 0. The molecule has 0 aromatic carbocycles. The van der Waals surface area contributed by atoms with Gasteiger partial charge in [-0.25, -0.2) is 4.98 Å². The molecule has 21 heavy (non-hydrogen) atoms. The fourth-order valence-electron chi connectivity index (χ4n) is 2.93. The molecule has 2 N–H and O–H groups in total. The summed E-state index contributed by atoms with van der Waals surface area (Å²) in [6.07, 6.45) is 4.54. The van der Waals surface area contributed by atoms with Crippen molar-refractivity contribution in [1.29, 1.82) is 0 Å². The van der Waals surface area contributed by atoms with Gasteiger partial charge in [-0.3, -0.25) is 9.59 Å². The molecule has 1 fully saturated rings. The van der Waals surface area contributed by atoms with Crippen LogP contribution in [0.25, 0.3) is 0 Å². The molecule has 2 rings (SSSR count). The number of nitrogens with one attached hydrogen (secondary N) is 1. The van der Waals surface area contributed by atoms with E-state index in [9.17, 15) is 14.7 Å². The van der Waals surface area contributed by atoms with Gasteiger partial charge in [-0.05, 0) is 18.8 Å². The van der Waals surface area contributed by atoms with Gasteiger partial charge in [0.1, 0.15) is 5.76 Å². The Balaban J connectivity index is 1.93. The first-order chi connectivity index (χ1) is 10.0. The topological polar surface area (TPSA) is 92.4 Å². The number of carbonyl (C=O) groups excluding carboxylic acids is 1. The zero-order chi connectivity index (χ0) is 15.4. The molecule has 1 aromatic rings. The normalized spacial score (nSPS) is 25.0. The summed E-state index contributed by atoms with van der Waals surface area (Å²) in [5.74, 6) is -0.578. The number of aromatic nitrogens is 1. The average molecular weight is 294 g/mol. The molecule has 0 radical (unpaired) electrons. The maximum absolute atomic E-state index is 12.2. The second-order valence-electron chi connectivity index (χ2n) is 5.59. The van der Waals surface area contributed by atoms with E-state index in [0.717, 1.165) is 18.6 Å². The fraction of sp³-hybridized carbons (Fsp3) is 0.667. The van der Waals surface area contributed by atoms with Crippen molar-refractivity contribution < 1.29 is 19.1 Å². The average Bonchev–Trinajstić information content (AvgIpc) is 3.11. The van der Waals surface area contributed by atoms with Crippen molar-refractivity contribution in [3.05, 3.63) is 17.8 Å². The first-order valence-corrected chi connectivity index (χ1v) is 7.49. The number of oxazole rings is 1. The standard InChI is InChI=1S/C15H22N2O4/c1-3-9-5-11(12(6-9)15(19)20)14(18)17-8-13-16-7-10(4-2)21-13/h7,9,11-12H,3-6,8H2,1-2H3,(H,17,18)(H,19,20)/t9?,11-,12+/m0/s1. The molecule has 6 heteroatoms. The molecular formula is C15H22N2O4. The first kappa shape index (κ1) is 15.5. The highest BCUT2D eigenvalue weighted by Crippen LogP contribution is 2.38. The lowest BCUT2D eigenvalue weighted by Crippen LogP contribution is -2.35. The number of nitrogens with zero attached hydrogens (tertiary/aromatic N) is 1. The lowest BCUT2D eigenvalue weighted by atomic mass is 9.95. The zero-order valence-electron chi connectivity index (χ0n) is 12.5. The van der Waals surface area contributed by atoms with Crippen LogP contribution in [0.1, 0.15) is 44.8 Å². The third-order valence-corrected chi connectivity index (χ3v) is 4.26. The van der Waals surface area contributed by atoms with Gasteiger partial charge in [0.15, 0.2) is 0 Å². The van der Waals surface area contributed by atoms with Gasteiger partial charge in [-0.15, -0.1) is 0 Å². The minimum atomic E-state index is -0.879. The van der Waals surface area contributed by atoms with Gasteiger partial charge in [0, 0.05) is 6.42 Å². The molecule has 1 aromatic heterocycles. The minimum absolute atomic E-state index is 0.207. The Morgan fingerprint density at radius 1 is 1.38 bits per heavy atom. The van der Waals surface area contributed by atoms with Gasteiger partial charge in [0.25, 0.3) is 0 Å². The minimum Gasteiger partial charge on any atom is -0.481 e. The maximum Gasteiger partial charge on any atom is 0.307 e. The van der Waals surface area contributed by atoms with E-state index in [2.05, 4.69) is 10.3 Å². The number of aliphatic carboxylic acids is 1. The summed E-state index contributed by atoms with van der Waals surface area (Å²) in [4.78, 5) is 27.6. The fourth-order valence-corrected chi connectivity index (χ4v) is 2.93. The second kappa shape index (κ2) is 6.74. The van der Waals surface area contributed by atoms with Crippen LogP contribution in [0.5, 0.6) is 0 Å². The van der Waals surface area contributed by atoms with Crippen molar-refractivity contribution in [1.82, 2.24) is 10.3 Å². The molecule has 0 bridgehead atoms. The quantitative estimate of drug-likeness (QED) is 0.837. The Labute approximate surface area is 123 Å². The molecule has 116 valence electrons. The first-order valence-electron chi connectivity index (χ1n) is 7.49. The van der Waals surface area contributed by atoms with Crippen LogP contribution in [0, 0.1) is 17.8 Å². The number of carbonyl (C=O) groups is 2. The maximum atomic E-state index is 12.2. The Kier molecular flexibility index (Phi) is 4.98. The number of hydrogen-bond donors (Lipinski definition) is 2. The van der Waals surface area contributed by atoms with Crippen molar-refractivity contribution in [2.75, 3.05) is 0 Å². The predicted molar refractivity (Wildman–Crippen MR) is 75.4 cm³/mol. The van der Waals surface area contributed by atoms with E-state index < -0.39 is 17.8 Å². The molecular weight excluding hydrogens is 272 g/mol. The monoisotopic (exact) mass is 294 g/mol. The van der Waals surface area contributed by atoms with Crippen molar-refractivity contribution in [3.8, 4) is 0 Å². The van der Waals surface area contributed by atoms with Crippen LogP contribution in [-0.2, 0) is 22.6 Å². The lowest BCUT2D eigenvalue weighted by molar-refractivity contribution is -0.146. The van der Waals surface area contributed by atoms with E-state index >= 15 is 0 Å². The largest absolute Gasteiger partial charge is 0.481 e. The van der Waals surface area contributed by atoms with Crippen LogP contribution in [0.3, 0.4) is 0 Å². The zero-order valence-corrected chi connectivity index (χ0v) is 12.5. The lowest BCUT2D eigenvalue weighted by Gasteiger charge is -2.14. The van der Waals surface area contributed by atoms with E-state index in [1.54, 1.807) is 6.20 Å². The molecule has 1 aliphatic carbocycles. The Morgan fingerprint density at radius 2 is 2.10 bits per heavy atom. The third kappa shape index (κ3) is 3.62. The van der Waals surface area contributed by atoms with E-state index in [-0.39, 0.29) is 12.5 Å². The van der Waals surface area contributed by atoms with E-state index in [1.807, 2.05) is 13.8 Å². The van der Waals surface area contributed by atoms with Gasteiger partial charge < -0.3 is 14.8 Å². The molecule has 3 atom stereocenters. The molecule has 1 saturated carbocycles. The molecule has 0 aliphatic heterocycles. The van der Waals surface area contributed by atoms with Crippen LogP contribution in [-0.4, -0.2) is 22.0 Å². The number of carboxylic acids is 1. The number of amides is 1. The number of rotatable bonds is 6. The van der Waals surface area contributed by atoms with Crippen molar-refractivity contribution in [2.45, 2.75) is 46.1 Å². The molecule has 0 spiro atoms. The van der Waals surface area contributed by atoms with Gasteiger partial charge in [0.2, 0.25) is 11.8 Å². The summed E-state index contributed by atoms with van der Waals surface area (Å²) in [5, 5.41) is 12.0. The predicted octanol–water partition coefficient (Wildman–Crippen LogP) is 1.99. The molecule has 1 amide bonds. The van der Waals surface area contributed by atoms with E-state index in [1.165, 1.54) is 0 Å². The van der Waals surface area contributed by atoms with Crippen molar-refractivity contribution >= 4 is 11.9 Å². The third-order valence-electron chi connectivity index (χ3n) is 4.26. The van der Waals surface area contributed by atoms with Crippen LogP contribution < -0.4 is 5.32 Å². The Bertz CT molecular complexity index is 512. The molecule has 1 unspecified atom stereocenters. The van der Waals surface area contributed by atoms with Gasteiger partial charge in [0.05, 0.1) is 24.6 Å². The summed E-state index contributed by atoms with van der Waals surface area (Å²) in [5.41, 5.74) is 0. The molecule has 1 aliphatic rings. The van der Waals surface area contributed by atoms with Crippen LogP contribution >= 0.6 is 0 Å². The van der Waals surface area contributed by atoms with E-state index in [4.69, 9.17) is 4.42 Å². The van der Waals surface area contributed by atoms with Crippen molar-refractivity contribution in [2.24, 2.45) is 17.8 Å². The smallest absolute Gasteiger partial charge is 0.307 e. The summed E-state index contributed by atoms with van der Waals surface area (Å²) in [7, 11) is 0. The SMILES string of the molecule is CCc1cnc(CNC(=O)[C@H]2CC(CC)C[C@H]2C(=O)O)o1.